The highest BCUT2D eigenvalue weighted by Crippen LogP contribution is 2.30. The highest BCUT2D eigenvalue weighted by Gasteiger charge is 2.22. The number of rotatable bonds is 6. The maximum absolute atomic E-state index is 13.0. The number of benzene rings is 2. The van der Waals surface area contributed by atoms with E-state index in [0.29, 0.717) is 34.8 Å². The molecule has 0 saturated heterocycles. The predicted octanol–water partition coefficient (Wildman–Crippen LogP) is 3.93. The van der Waals surface area contributed by atoms with E-state index in [0.717, 1.165) is 28.0 Å². The van der Waals surface area contributed by atoms with E-state index < -0.39 is 0 Å². The van der Waals surface area contributed by atoms with Gasteiger partial charge in [0, 0.05) is 30.6 Å². The highest BCUT2D eigenvalue weighted by molar-refractivity contribution is 6.31. The summed E-state index contributed by atoms with van der Waals surface area (Å²) in [5, 5.41) is 11.5. The molecule has 1 aliphatic rings. The number of aromatic nitrogens is 4. The number of fused-ring (bicyclic) bond motifs is 2. The molecule has 5 rings (SSSR count). The van der Waals surface area contributed by atoms with Gasteiger partial charge in [-0.1, -0.05) is 29.8 Å². The van der Waals surface area contributed by atoms with Crippen LogP contribution in [-0.2, 0) is 24.8 Å². The van der Waals surface area contributed by atoms with Gasteiger partial charge in [-0.3, -0.25) is 14.3 Å². The highest BCUT2D eigenvalue weighted by atomic mass is 35.5. The van der Waals surface area contributed by atoms with Crippen LogP contribution in [0.25, 0.3) is 11.0 Å². The van der Waals surface area contributed by atoms with Gasteiger partial charge in [-0.25, -0.2) is 9.97 Å². The molecule has 0 radical (unpaired) electrons. The number of aryl methyl sites for hydroxylation is 2. The lowest BCUT2D eigenvalue weighted by Gasteiger charge is -2.20. The molecule has 0 spiro atoms. The van der Waals surface area contributed by atoms with Gasteiger partial charge in [0.1, 0.15) is 29.7 Å². The average Bonchev–Trinajstić information content (AvgIpc) is 3.19. The Balaban J connectivity index is 1.37. The largest absolute Gasteiger partial charge is 0.486 e. The van der Waals surface area contributed by atoms with E-state index in [9.17, 15) is 9.59 Å². The third-order valence-corrected chi connectivity index (χ3v) is 6.65. The van der Waals surface area contributed by atoms with Crippen molar-refractivity contribution in [1.29, 1.82) is 0 Å². The Morgan fingerprint density at radius 2 is 2.06 bits per heavy atom. The lowest BCUT2D eigenvalue weighted by Crippen LogP contribution is -2.24. The summed E-state index contributed by atoms with van der Waals surface area (Å²) in [6.07, 6.45) is 1.72. The zero-order valence-corrected chi connectivity index (χ0v) is 20.9. The third-order valence-electron chi connectivity index (χ3n) is 6.24. The number of hydrogen-bond acceptors (Lipinski definition) is 7. The van der Waals surface area contributed by atoms with E-state index in [1.165, 1.54) is 6.33 Å². The van der Waals surface area contributed by atoms with E-state index in [-0.39, 0.29) is 30.0 Å². The SMILES string of the molecule is Cc1ccc(CNC(=O)c2ncnc3c(NC(C)c4ccc5c(c4)CC(=O)CO5)nn(C)c23)cc1Cl. The van der Waals surface area contributed by atoms with Crippen LogP contribution in [0.2, 0.25) is 5.02 Å². The maximum atomic E-state index is 13.0. The van der Waals surface area contributed by atoms with Crippen LogP contribution in [0.1, 0.15) is 45.7 Å². The topological polar surface area (TPSA) is 111 Å². The Morgan fingerprint density at radius 1 is 1.22 bits per heavy atom. The normalized spacial score (nSPS) is 13.7. The fourth-order valence-electron chi connectivity index (χ4n) is 4.24. The van der Waals surface area contributed by atoms with Crippen molar-refractivity contribution in [2.24, 2.45) is 7.05 Å². The third kappa shape index (κ3) is 4.61. The van der Waals surface area contributed by atoms with Crippen LogP contribution >= 0.6 is 11.6 Å². The van der Waals surface area contributed by atoms with Crippen LogP contribution < -0.4 is 15.4 Å². The van der Waals surface area contributed by atoms with Crippen molar-refractivity contribution in [1.82, 2.24) is 25.1 Å². The van der Waals surface area contributed by atoms with Crippen molar-refractivity contribution in [3.05, 3.63) is 75.7 Å². The number of anilines is 1. The first-order chi connectivity index (χ1) is 17.3. The van der Waals surface area contributed by atoms with Crippen molar-refractivity contribution < 1.29 is 14.3 Å². The molecule has 2 N–H and O–H groups in total. The van der Waals surface area contributed by atoms with Crippen LogP contribution in [0, 0.1) is 6.92 Å². The molecule has 184 valence electrons. The first-order valence-corrected chi connectivity index (χ1v) is 11.9. The van der Waals surface area contributed by atoms with Gasteiger partial charge < -0.3 is 15.4 Å². The maximum Gasteiger partial charge on any atom is 0.272 e. The summed E-state index contributed by atoms with van der Waals surface area (Å²) in [4.78, 5) is 33.4. The summed E-state index contributed by atoms with van der Waals surface area (Å²) < 4.78 is 7.10. The summed E-state index contributed by atoms with van der Waals surface area (Å²) in [6.45, 7) is 4.36. The number of carbonyl (C=O) groups is 2. The summed E-state index contributed by atoms with van der Waals surface area (Å²) in [5.41, 5.74) is 5.02. The summed E-state index contributed by atoms with van der Waals surface area (Å²) in [7, 11) is 1.75. The number of amides is 1. The number of hydrogen-bond donors (Lipinski definition) is 2. The van der Waals surface area contributed by atoms with Gasteiger partial charge in [0.15, 0.2) is 17.3 Å². The van der Waals surface area contributed by atoms with Crippen molar-refractivity contribution >= 4 is 40.1 Å². The molecule has 36 heavy (non-hydrogen) atoms. The molecule has 0 bridgehead atoms. The van der Waals surface area contributed by atoms with E-state index in [4.69, 9.17) is 16.3 Å². The molecule has 3 heterocycles. The Kier molecular flexibility index (Phi) is 6.32. The molecule has 1 atom stereocenters. The lowest BCUT2D eigenvalue weighted by atomic mass is 9.99. The van der Waals surface area contributed by atoms with Gasteiger partial charge in [-0.15, -0.1) is 0 Å². The molecular formula is C26H25ClN6O3. The number of nitrogens with one attached hydrogen (secondary N) is 2. The minimum Gasteiger partial charge on any atom is -0.486 e. The van der Waals surface area contributed by atoms with E-state index >= 15 is 0 Å². The number of halogens is 1. The number of Topliss-reactive ketones (excluding diaryl/α,β-unsaturated/α-hetero) is 1. The molecule has 0 saturated carbocycles. The molecule has 0 aliphatic carbocycles. The second-order valence-corrected chi connectivity index (χ2v) is 9.30. The first kappa shape index (κ1) is 23.7. The summed E-state index contributed by atoms with van der Waals surface area (Å²) in [5.74, 6) is 1.00. The number of carbonyl (C=O) groups excluding carboxylic acids is 2. The molecule has 9 nitrogen and oxygen atoms in total. The molecule has 4 aromatic rings. The minimum atomic E-state index is -0.332. The number of ketones is 1. The number of ether oxygens (including phenoxy) is 1. The predicted molar refractivity (Wildman–Crippen MR) is 136 cm³/mol. The standard InChI is InChI=1S/C26H25ClN6O3/c1-14-4-5-16(8-20(14)27)11-28-26(35)23-24-22(29-13-30-23)25(32-33(24)3)31-15(2)17-6-7-21-18(9-17)10-19(34)12-36-21/h4-9,13,15H,10-12H2,1-3H3,(H,28,35)(H,31,32). The van der Waals surface area contributed by atoms with Gasteiger partial charge in [0.25, 0.3) is 5.91 Å². The fraction of sp³-hybridized carbons (Fsp3) is 0.269. The average molecular weight is 505 g/mol. The van der Waals surface area contributed by atoms with E-state index in [1.54, 1.807) is 11.7 Å². The number of nitrogens with zero attached hydrogens (tertiary/aromatic N) is 4. The molecule has 1 unspecified atom stereocenters. The van der Waals surface area contributed by atoms with Crippen LogP contribution in [0.5, 0.6) is 5.75 Å². The monoisotopic (exact) mass is 504 g/mol. The van der Waals surface area contributed by atoms with Gasteiger partial charge in [0.2, 0.25) is 0 Å². The summed E-state index contributed by atoms with van der Waals surface area (Å²) >= 11 is 6.20. The Labute approximate surface area is 212 Å². The smallest absolute Gasteiger partial charge is 0.272 e. The molecule has 1 amide bonds. The van der Waals surface area contributed by atoms with Crippen LogP contribution in [0.15, 0.2) is 42.7 Å². The van der Waals surface area contributed by atoms with Crippen LogP contribution in [0.4, 0.5) is 5.82 Å². The van der Waals surface area contributed by atoms with E-state index in [2.05, 4.69) is 25.7 Å². The zero-order chi connectivity index (χ0) is 25.4. The Morgan fingerprint density at radius 3 is 2.86 bits per heavy atom. The van der Waals surface area contributed by atoms with Crippen molar-refractivity contribution in [2.75, 3.05) is 11.9 Å². The molecule has 0 fully saturated rings. The van der Waals surface area contributed by atoms with Gasteiger partial charge >= 0.3 is 0 Å². The minimum absolute atomic E-state index is 0.0592. The quantitative estimate of drug-likeness (QED) is 0.409. The molecule has 2 aromatic carbocycles. The molecule has 1 aliphatic heterocycles. The van der Waals surface area contributed by atoms with Crippen LogP contribution in [0.3, 0.4) is 0 Å². The van der Waals surface area contributed by atoms with Crippen molar-refractivity contribution in [3.63, 3.8) is 0 Å². The molecule has 10 heteroatoms. The Bertz CT molecular complexity index is 1500. The Hall–Kier alpha value is -3.98. The van der Waals surface area contributed by atoms with E-state index in [1.807, 2.05) is 50.2 Å². The van der Waals surface area contributed by atoms with Crippen molar-refractivity contribution in [3.8, 4) is 5.75 Å². The summed E-state index contributed by atoms with van der Waals surface area (Å²) in [6, 6.07) is 11.4. The van der Waals surface area contributed by atoms with Crippen LogP contribution in [-0.4, -0.2) is 38.0 Å². The fourth-order valence-corrected chi connectivity index (χ4v) is 4.44. The van der Waals surface area contributed by atoms with Gasteiger partial charge in [-0.2, -0.15) is 5.10 Å². The van der Waals surface area contributed by atoms with Crippen molar-refractivity contribution in [2.45, 2.75) is 32.9 Å². The molecule has 2 aromatic heterocycles. The second kappa shape index (κ2) is 9.58. The first-order valence-electron chi connectivity index (χ1n) is 11.5. The molecular weight excluding hydrogens is 480 g/mol. The zero-order valence-electron chi connectivity index (χ0n) is 20.1. The second-order valence-electron chi connectivity index (χ2n) is 8.90. The lowest BCUT2D eigenvalue weighted by molar-refractivity contribution is -0.121. The van der Waals surface area contributed by atoms with Gasteiger partial charge in [0.05, 0.1) is 6.04 Å². The van der Waals surface area contributed by atoms with Gasteiger partial charge in [-0.05, 0) is 48.7 Å².